The molecule has 5 nitrogen and oxygen atoms in total. The highest BCUT2D eigenvalue weighted by atomic mass is 16.5. The Balaban J connectivity index is 1.46. The summed E-state index contributed by atoms with van der Waals surface area (Å²) in [6.07, 6.45) is 7.68. The van der Waals surface area contributed by atoms with Gasteiger partial charge in [-0.15, -0.1) is 0 Å². The molecule has 25 heavy (non-hydrogen) atoms. The largest absolute Gasteiger partial charge is 0.477 e. The van der Waals surface area contributed by atoms with E-state index in [0.717, 1.165) is 37.7 Å². The molecule has 0 bridgehead atoms. The smallest absolute Gasteiger partial charge is 0.354 e. The van der Waals surface area contributed by atoms with Crippen LogP contribution in [-0.4, -0.2) is 40.1 Å². The fourth-order valence-corrected chi connectivity index (χ4v) is 3.60. The number of pyridine rings is 1. The summed E-state index contributed by atoms with van der Waals surface area (Å²) in [6.45, 7) is 2.27. The maximum Gasteiger partial charge on any atom is 0.354 e. The van der Waals surface area contributed by atoms with Crippen LogP contribution in [-0.2, 0) is 12.8 Å². The zero-order chi connectivity index (χ0) is 17.2. The molecule has 1 aliphatic carbocycles. The van der Waals surface area contributed by atoms with Crippen LogP contribution in [0.3, 0.4) is 0 Å². The van der Waals surface area contributed by atoms with Gasteiger partial charge in [-0.05, 0) is 61.1 Å². The fourth-order valence-electron chi connectivity index (χ4n) is 3.60. The van der Waals surface area contributed by atoms with Gasteiger partial charge in [-0.3, -0.25) is 4.90 Å². The van der Waals surface area contributed by atoms with E-state index >= 15 is 0 Å². The summed E-state index contributed by atoms with van der Waals surface area (Å²) in [4.78, 5) is 17.4. The molecule has 1 aromatic heterocycles. The van der Waals surface area contributed by atoms with E-state index < -0.39 is 5.97 Å². The van der Waals surface area contributed by atoms with Gasteiger partial charge in [-0.2, -0.15) is 0 Å². The standard InChI is InChI=1S/C20H22N2O3/c23-20(24)19-7-6-18(13-21-19)25-17-5-4-14-8-10-22(16-2-1-3-16)11-9-15(14)12-17/h4-7,12-13,16H,1-3,8-11H2,(H,23,24). The third kappa shape index (κ3) is 3.51. The van der Waals surface area contributed by atoms with Crippen molar-refractivity contribution in [3.8, 4) is 11.5 Å². The van der Waals surface area contributed by atoms with E-state index in [2.05, 4.69) is 22.0 Å². The van der Waals surface area contributed by atoms with E-state index in [-0.39, 0.29) is 5.69 Å². The number of carboxylic acids is 1. The Labute approximate surface area is 147 Å². The van der Waals surface area contributed by atoms with Crippen LogP contribution in [0.2, 0.25) is 0 Å². The van der Waals surface area contributed by atoms with Gasteiger partial charge in [0.05, 0.1) is 6.20 Å². The first-order valence-corrected chi connectivity index (χ1v) is 8.92. The maximum atomic E-state index is 10.9. The highest BCUT2D eigenvalue weighted by molar-refractivity contribution is 5.85. The molecule has 4 rings (SSSR count). The molecular weight excluding hydrogens is 316 g/mol. The van der Waals surface area contributed by atoms with E-state index in [4.69, 9.17) is 9.84 Å². The molecule has 130 valence electrons. The number of fused-ring (bicyclic) bond motifs is 1. The normalized spacial score (nSPS) is 18.1. The van der Waals surface area contributed by atoms with Gasteiger partial charge >= 0.3 is 5.97 Å². The molecule has 0 amide bonds. The van der Waals surface area contributed by atoms with E-state index in [9.17, 15) is 4.79 Å². The van der Waals surface area contributed by atoms with Gasteiger partial charge in [0.25, 0.3) is 0 Å². The van der Waals surface area contributed by atoms with Crippen LogP contribution in [0.5, 0.6) is 11.5 Å². The summed E-state index contributed by atoms with van der Waals surface area (Å²) < 4.78 is 5.86. The van der Waals surface area contributed by atoms with Crippen LogP contribution < -0.4 is 4.74 Å². The van der Waals surface area contributed by atoms with E-state index in [1.165, 1.54) is 42.7 Å². The number of hydrogen-bond donors (Lipinski definition) is 1. The lowest BCUT2D eigenvalue weighted by atomic mass is 9.91. The Morgan fingerprint density at radius 2 is 1.84 bits per heavy atom. The molecular formula is C20H22N2O3. The SMILES string of the molecule is O=C(O)c1ccc(Oc2ccc3c(c2)CCN(C2CCC2)CC3)cn1. The summed E-state index contributed by atoms with van der Waals surface area (Å²) in [5, 5.41) is 8.90. The number of hydrogen-bond acceptors (Lipinski definition) is 4. The van der Waals surface area contributed by atoms with Crippen LogP contribution in [0.15, 0.2) is 36.5 Å². The van der Waals surface area contributed by atoms with Gasteiger partial charge in [0, 0.05) is 19.1 Å². The number of rotatable bonds is 4. The molecule has 1 fully saturated rings. The second-order valence-corrected chi connectivity index (χ2v) is 6.84. The van der Waals surface area contributed by atoms with Crippen molar-refractivity contribution in [2.75, 3.05) is 13.1 Å². The minimum Gasteiger partial charge on any atom is -0.477 e. The highest BCUT2D eigenvalue weighted by Gasteiger charge is 2.26. The molecule has 2 aromatic rings. The number of benzene rings is 1. The molecule has 1 aliphatic heterocycles. The van der Waals surface area contributed by atoms with Gasteiger partial charge in [0.1, 0.15) is 17.2 Å². The Morgan fingerprint density at radius 1 is 1.08 bits per heavy atom. The van der Waals surface area contributed by atoms with E-state index in [1.54, 1.807) is 6.07 Å². The lowest BCUT2D eigenvalue weighted by molar-refractivity contribution is 0.0690. The second-order valence-electron chi connectivity index (χ2n) is 6.84. The van der Waals surface area contributed by atoms with Crippen molar-refractivity contribution in [3.63, 3.8) is 0 Å². The Morgan fingerprint density at radius 3 is 2.48 bits per heavy atom. The first kappa shape index (κ1) is 16.1. The van der Waals surface area contributed by atoms with Crippen molar-refractivity contribution >= 4 is 5.97 Å². The van der Waals surface area contributed by atoms with Crippen molar-refractivity contribution in [3.05, 3.63) is 53.3 Å². The van der Waals surface area contributed by atoms with Crippen LogP contribution in [0.4, 0.5) is 0 Å². The number of aromatic nitrogens is 1. The zero-order valence-corrected chi connectivity index (χ0v) is 14.1. The van der Waals surface area contributed by atoms with E-state index in [1.807, 2.05) is 6.07 Å². The summed E-state index contributed by atoms with van der Waals surface area (Å²) in [6, 6.07) is 10.2. The van der Waals surface area contributed by atoms with Crippen LogP contribution >= 0.6 is 0 Å². The Bertz CT molecular complexity index is 769. The zero-order valence-electron chi connectivity index (χ0n) is 14.1. The molecule has 0 unspecified atom stereocenters. The van der Waals surface area contributed by atoms with Gasteiger partial charge in [-0.25, -0.2) is 9.78 Å². The monoisotopic (exact) mass is 338 g/mol. The second kappa shape index (κ2) is 6.84. The Kier molecular flexibility index (Phi) is 4.40. The molecule has 1 N–H and O–H groups in total. The lowest BCUT2D eigenvalue weighted by Gasteiger charge is -2.36. The van der Waals surface area contributed by atoms with Crippen molar-refractivity contribution in [1.82, 2.24) is 9.88 Å². The summed E-state index contributed by atoms with van der Waals surface area (Å²) in [5.74, 6) is 0.294. The van der Waals surface area contributed by atoms with Crippen molar-refractivity contribution in [1.29, 1.82) is 0 Å². The minimum absolute atomic E-state index is 0.0189. The van der Waals surface area contributed by atoms with Crippen molar-refractivity contribution in [2.24, 2.45) is 0 Å². The molecule has 0 radical (unpaired) electrons. The predicted molar refractivity (Wildman–Crippen MR) is 94.3 cm³/mol. The summed E-state index contributed by atoms with van der Waals surface area (Å²) >= 11 is 0. The highest BCUT2D eigenvalue weighted by Crippen LogP contribution is 2.29. The number of ether oxygens (including phenoxy) is 1. The third-order valence-electron chi connectivity index (χ3n) is 5.30. The topological polar surface area (TPSA) is 62.7 Å². The molecule has 0 saturated heterocycles. The molecule has 1 saturated carbocycles. The average molecular weight is 338 g/mol. The molecule has 5 heteroatoms. The summed E-state index contributed by atoms with van der Waals surface area (Å²) in [5.41, 5.74) is 2.79. The predicted octanol–water partition coefficient (Wildman–Crippen LogP) is 3.53. The third-order valence-corrected chi connectivity index (χ3v) is 5.30. The molecule has 0 atom stereocenters. The number of aromatic carboxylic acids is 1. The number of carbonyl (C=O) groups is 1. The quantitative estimate of drug-likeness (QED) is 0.924. The number of nitrogens with zero attached hydrogens (tertiary/aromatic N) is 2. The van der Waals surface area contributed by atoms with Crippen molar-refractivity contribution < 1.29 is 14.6 Å². The first-order chi connectivity index (χ1) is 12.2. The maximum absolute atomic E-state index is 10.9. The molecule has 1 aromatic carbocycles. The lowest BCUT2D eigenvalue weighted by Crippen LogP contribution is -2.41. The summed E-state index contributed by atoms with van der Waals surface area (Å²) in [7, 11) is 0. The molecule has 2 heterocycles. The fraction of sp³-hybridized carbons (Fsp3) is 0.400. The molecule has 0 spiro atoms. The van der Waals surface area contributed by atoms with Crippen LogP contribution in [0, 0.1) is 0 Å². The molecule has 2 aliphatic rings. The van der Waals surface area contributed by atoms with Gasteiger partial charge in [0.2, 0.25) is 0 Å². The number of carboxylic acid groups (broad SMARTS) is 1. The average Bonchev–Trinajstić information content (AvgIpc) is 2.77. The minimum atomic E-state index is -1.03. The van der Waals surface area contributed by atoms with Crippen LogP contribution in [0.25, 0.3) is 0 Å². The first-order valence-electron chi connectivity index (χ1n) is 8.92. The van der Waals surface area contributed by atoms with Crippen LogP contribution in [0.1, 0.15) is 40.9 Å². The van der Waals surface area contributed by atoms with Crippen molar-refractivity contribution in [2.45, 2.75) is 38.1 Å². The van der Waals surface area contributed by atoms with Gasteiger partial charge in [-0.1, -0.05) is 12.5 Å². The Hall–Kier alpha value is -2.40. The van der Waals surface area contributed by atoms with Gasteiger partial charge < -0.3 is 9.84 Å². The van der Waals surface area contributed by atoms with E-state index in [0.29, 0.717) is 5.75 Å². The van der Waals surface area contributed by atoms with Gasteiger partial charge in [0.15, 0.2) is 0 Å².